The quantitative estimate of drug-likeness (QED) is 0.201. The van der Waals surface area contributed by atoms with E-state index in [2.05, 4.69) is 11.5 Å². The van der Waals surface area contributed by atoms with Crippen LogP contribution >= 0.6 is 0 Å². The summed E-state index contributed by atoms with van der Waals surface area (Å²) in [6.45, 7) is 10.0. The summed E-state index contributed by atoms with van der Waals surface area (Å²) in [5, 5.41) is 11.5. The van der Waals surface area contributed by atoms with Gasteiger partial charge in [-0.1, -0.05) is 18.7 Å². The van der Waals surface area contributed by atoms with Crippen molar-refractivity contribution in [3.8, 4) is 17.2 Å². The number of aryl methyl sites for hydroxylation is 1. The standard InChI is InChI=1S/C30H36N2O7/c1-5-15-39-23-9-8-22(18-20(23)2)28(33)26-27(21-7-10-24(36-3)25(19-21)37-4)32(30(35)29(26)34)12-6-11-31-13-16-38-17-14-31/h5,7-10,18-19,27,33H,1,6,11-17H2,2-4H3/t27-/m0/s1. The number of ketones is 1. The molecule has 2 saturated heterocycles. The van der Waals surface area contributed by atoms with Gasteiger partial charge in [-0.3, -0.25) is 14.5 Å². The van der Waals surface area contributed by atoms with Crippen molar-refractivity contribution in [1.29, 1.82) is 0 Å². The molecule has 0 radical (unpaired) electrons. The molecule has 0 spiro atoms. The van der Waals surface area contributed by atoms with E-state index in [-0.39, 0.29) is 11.3 Å². The monoisotopic (exact) mass is 536 g/mol. The molecule has 9 nitrogen and oxygen atoms in total. The number of ether oxygens (including phenoxy) is 4. The first-order chi connectivity index (χ1) is 18.9. The number of nitrogens with zero attached hydrogens (tertiary/aromatic N) is 2. The van der Waals surface area contributed by atoms with Crippen molar-refractivity contribution >= 4 is 17.4 Å². The van der Waals surface area contributed by atoms with Crippen LogP contribution in [-0.2, 0) is 14.3 Å². The van der Waals surface area contributed by atoms with Gasteiger partial charge in [0.15, 0.2) is 11.5 Å². The SMILES string of the molecule is C=CCOc1ccc(C(O)=C2C(=O)C(=O)N(CCCN3CCOCC3)[C@H]2c2ccc(OC)c(OC)c2)cc1C. The van der Waals surface area contributed by atoms with Crippen molar-refractivity contribution < 1.29 is 33.6 Å². The van der Waals surface area contributed by atoms with E-state index in [1.54, 1.807) is 54.5 Å². The molecule has 2 heterocycles. The van der Waals surface area contributed by atoms with Gasteiger partial charge in [-0.2, -0.15) is 0 Å². The number of likely N-dealkylation sites (tertiary alicyclic amines) is 1. The van der Waals surface area contributed by atoms with Gasteiger partial charge in [0, 0.05) is 31.7 Å². The highest BCUT2D eigenvalue weighted by Gasteiger charge is 2.46. The molecule has 1 amide bonds. The molecule has 1 atom stereocenters. The molecule has 39 heavy (non-hydrogen) atoms. The number of amides is 1. The molecule has 1 N–H and O–H groups in total. The minimum atomic E-state index is -0.786. The average molecular weight is 537 g/mol. The van der Waals surface area contributed by atoms with E-state index in [9.17, 15) is 14.7 Å². The van der Waals surface area contributed by atoms with Gasteiger partial charge in [-0.15, -0.1) is 0 Å². The van der Waals surface area contributed by atoms with Crippen molar-refractivity contribution in [2.45, 2.75) is 19.4 Å². The Bertz CT molecular complexity index is 1250. The smallest absolute Gasteiger partial charge is 0.295 e. The Morgan fingerprint density at radius 1 is 1.05 bits per heavy atom. The highest BCUT2D eigenvalue weighted by atomic mass is 16.5. The Morgan fingerprint density at radius 2 is 1.77 bits per heavy atom. The van der Waals surface area contributed by atoms with Gasteiger partial charge in [0.1, 0.15) is 18.1 Å². The summed E-state index contributed by atoms with van der Waals surface area (Å²) in [5.41, 5.74) is 1.89. The summed E-state index contributed by atoms with van der Waals surface area (Å²) in [5.74, 6) is 0.0441. The van der Waals surface area contributed by atoms with Gasteiger partial charge >= 0.3 is 0 Å². The Kier molecular flexibility index (Phi) is 9.27. The summed E-state index contributed by atoms with van der Waals surface area (Å²) < 4.78 is 22.0. The number of aliphatic hydroxyl groups excluding tert-OH is 1. The second kappa shape index (κ2) is 12.8. The number of hydrogen-bond acceptors (Lipinski definition) is 8. The number of rotatable bonds is 11. The Hall–Kier alpha value is -3.82. The first-order valence-electron chi connectivity index (χ1n) is 13.0. The molecule has 0 aromatic heterocycles. The lowest BCUT2D eigenvalue weighted by atomic mass is 9.94. The fourth-order valence-corrected chi connectivity index (χ4v) is 5.03. The van der Waals surface area contributed by atoms with Gasteiger partial charge in [-0.05, 0) is 54.8 Å². The molecular weight excluding hydrogens is 500 g/mol. The molecule has 2 fully saturated rings. The van der Waals surface area contributed by atoms with Crippen LogP contribution in [0.1, 0.15) is 29.2 Å². The lowest BCUT2D eigenvalue weighted by Gasteiger charge is -2.29. The summed E-state index contributed by atoms with van der Waals surface area (Å²) in [6.07, 6.45) is 2.32. The van der Waals surface area contributed by atoms with Crippen molar-refractivity contribution in [2.75, 3.05) is 60.2 Å². The fraction of sp³-hybridized carbons (Fsp3) is 0.400. The van der Waals surface area contributed by atoms with Gasteiger partial charge in [0.2, 0.25) is 0 Å². The molecule has 2 aliphatic heterocycles. The average Bonchev–Trinajstić information content (AvgIpc) is 3.21. The second-order valence-corrected chi connectivity index (χ2v) is 9.49. The molecule has 2 aromatic rings. The second-order valence-electron chi connectivity index (χ2n) is 9.49. The van der Waals surface area contributed by atoms with E-state index in [0.29, 0.717) is 61.2 Å². The number of hydrogen-bond donors (Lipinski definition) is 1. The first kappa shape index (κ1) is 28.2. The van der Waals surface area contributed by atoms with Crippen LogP contribution in [0.25, 0.3) is 5.76 Å². The number of morpholine rings is 1. The zero-order chi connectivity index (χ0) is 27.9. The van der Waals surface area contributed by atoms with E-state index in [4.69, 9.17) is 18.9 Å². The van der Waals surface area contributed by atoms with Gasteiger partial charge in [0.25, 0.3) is 11.7 Å². The maximum atomic E-state index is 13.4. The van der Waals surface area contributed by atoms with E-state index in [1.807, 2.05) is 6.92 Å². The molecule has 4 rings (SSSR count). The minimum Gasteiger partial charge on any atom is -0.507 e. The van der Waals surface area contributed by atoms with E-state index in [1.165, 1.54) is 7.11 Å². The zero-order valence-electron chi connectivity index (χ0n) is 22.8. The van der Waals surface area contributed by atoms with Crippen LogP contribution in [0.15, 0.2) is 54.6 Å². The minimum absolute atomic E-state index is 0.0396. The summed E-state index contributed by atoms with van der Waals surface area (Å²) >= 11 is 0. The predicted molar refractivity (Wildman–Crippen MR) is 147 cm³/mol. The van der Waals surface area contributed by atoms with E-state index in [0.717, 1.165) is 25.2 Å². The van der Waals surface area contributed by atoms with Crippen molar-refractivity contribution in [2.24, 2.45) is 0 Å². The molecule has 9 heteroatoms. The third-order valence-corrected chi connectivity index (χ3v) is 7.05. The highest BCUT2D eigenvalue weighted by molar-refractivity contribution is 6.46. The topological polar surface area (TPSA) is 97.8 Å². The molecule has 0 saturated carbocycles. The summed E-state index contributed by atoms with van der Waals surface area (Å²) in [4.78, 5) is 30.6. The summed E-state index contributed by atoms with van der Waals surface area (Å²) in [6, 6.07) is 9.64. The van der Waals surface area contributed by atoms with Crippen LogP contribution in [0.2, 0.25) is 0 Å². The zero-order valence-corrected chi connectivity index (χ0v) is 22.8. The van der Waals surface area contributed by atoms with Crippen LogP contribution in [0.5, 0.6) is 17.2 Å². The lowest BCUT2D eigenvalue weighted by molar-refractivity contribution is -0.140. The Labute approximate surface area is 229 Å². The molecule has 0 unspecified atom stereocenters. The molecule has 208 valence electrons. The van der Waals surface area contributed by atoms with Crippen LogP contribution in [0.3, 0.4) is 0 Å². The van der Waals surface area contributed by atoms with Gasteiger partial charge in [-0.25, -0.2) is 0 Å². The van der Waals surface area contributed by atoms with Crippen LogP contribution < -0.4 is 14.2 Å². The Balaban J connectivity index is 1.72. The maximum Gasteiger partial charge on any atom is 0.295 e. The highest BCUT2D eigenvalue weighted by Crippen LogP contribution is 2.42. The van der Waals surface area contributed by atoms with E-state index >= 15 is 0 Å². The fourth-order valence-electron chi connectivity index (χ4n) is 5.03. The van der Waals surface area contributed by atoms with E-state index < -0.39 is 17.7 Å². The maximum absolute atomic E-state index is 13.4. The Morgan fingerprint density at radius 3 is 2.44 bits per heavy atom. The normalized spacial score (nSPS) is 19.3. The number of aliphatic hydroxyl groups is 1. The summed E-state index contributed by atoms with van der Waals surface area (Å²) in [7, 11) is 3.07. The number of Topliss-reactive ketones (excluding diaryl/α,β-unsaturated/α-hetero) is 1. The third kappa shape index (κ3) is 6.10. The number of carbonyl (C=O) groups is 2. The molecule has 2 aromatic carbocycles. The molecule has 0 aliphatic carbocycles. The van der Waals surface area contributed by atoms with Crippen molar-refractivity contribution in [3.63, 3.8) is 0 Å². The molecule has 2 aliphatic rings. The molecular formula is C30H36N2O7. The van der Waals surface area contributed by atoms with Crippen LogP contribution in [0.4, 0.5) is 0 Å². The first-order valence-corrected chi connectivity index (χ1v) is 13.0. The van der Waals surface area contributed by atoms with Gasteiger partial charge in [0.05, 0.1) is 39.0 Å². The number of methoxy groups -OCH3 is 2. The van der Waals surface area contributed by atoms with Crippen LogP contribution in [-0.4, -0.2) is 86.8 Å². The predicted octanol–water partition coefficient (Wildman–Crippen LogP) is 3.72. The third-order valence-electron chi connectivity index (χ3n) is 7.05. The van der Waals surface area contributed by atoms with Crippen LogP contribution in [0, 0.1) is 6.92 Å². The number of carbonyl (C=O) groups excluding carboxylic acids is 2. The lowest BCUT2D eigenvalue weighted by Crippen LogP contribution is -2.38. The van der Waals surface area contributed by atoms with Gasteiger partial charge < -0.3 is 29.0 Å². The molecule has 0 bridgehead atoms. The van der Waals surface area contributed by atoms with Crippen molar-refractivity contribution in [1.82, 2.24) is 9.80 Å². The number of benzene rings is 2. The largest absolute Gasteiger partial charge is 0.507 e. The van der Waals surface area contributed by atoms with Crippen molar-refractivity contribution in [3.05, 3.63) is 71.3 Å².